The number of ether oxygens (including phenoxy) is 1. The number of hydrogen-bond donors (Lipinski definition) is 1. The third-order valence-electron chi connectivity index (χ3n) is 5.05. The molecule has 7 heteroatoms. The second-order valence-corrected chi connectivity index (χ2v) is 7.99. The van der Waals surface area contributed by atoms with Crippen LogP contribution < -0.4 is 5.73 Å². The van der Waals surface area contributed by atoms with E-state index in [0.717, 1.165) is 16.7 Å². The van der Waals surface area contributed by atoms with Crippen LogP contribution in [0.3, 0.4) is 0 Å². The molecule has 0 aliphatic rings. The van der Waals surface area contributed by atoms with Gasteiger partial charge in [0.05, 0.1) is 6.61 Å². The molecule has 0 atom stereocenters. The van der Waals surface area contributed by atoms with E-state index in [-0.39, 0.29) is 12.3 Å². The van der Waals surface area contributed by atoms with Crippen molar-refractivity contribution in [3.8, 4) is 0 Å². The van der Waals surface area contributed by atoms with Gasteiger partial charge < -0.3 is 15.3 Å². The normalized spacial score (nSPS) is 11.7. The summed E-state index contributed by atoms with van der Waals surface area (Å²) in [5, 5.41) is 6.34. The van der Waals surface area contributed by atoms with Crippen LogP contribution in [-0.4, -0.2) is 23.3 Å². The number of nitrogen functional groups attached to an aromatic ring is 1. The van der Waals surface area contributed by atoms with Gasteiger partial charge >= 0.3 is 5.97 Å². The summed E-state index contributed by atoms with van der Waals surface area (Å²) in [5.41, 5.74) is 7.50. The zero-order valence-electron chi connectivity index (χ0n) is 18.0. The van der Waals surface area contributed by atoms with Crippen molar-refractivity contribution in [2.24, 2.45) is 5.16 Å². The van der Waals surface area contributed by atoms with Gasteiger partial charge in [-0.3, -0.25) is 0 Å². The minimum absolute atomic E-state index is 0.0445. The Labute approximate surface area is 196 Å². The van der Waals surface area contributed by atoms with Gasteiger partial charge in [0, 0.05) is 22.1 Å². The van der Waals surface area contributed by atoms with Crippen LogP contribution in [0, 0.1) is 0 Å². The van der Waals surface area contributed by atoms with Crippen molar-refractivity contribution >= 4 is 28.1 Å². The van der Waals surface area contributed by atoms with Crippen LogP contribution in [0.2, 0.25) is 0 Å². The highest BCUT2D eigenvalue weighted by molar-refractivity contribution is 7.13. The van der Waals surface area contributed by atoms with Gasteiger partial charge in [-0.15, -0.1) is 11.3 Å². The first-order valence-corrected chi connectivity index (χ1v) is 11.3. The molecule has 6 nitrogen and oxygen atoms in total. The molecule has 0 spiro atoms. The molecule has 166 valence electrons. The van der Waals surface area contributed by atoms with Crippen LogP contribution in [0.1, 0.15) is 29.3 Å². The van der Waals surface area contributed by atoms with Crippen molar-refractivity contribution < 1.29 is 14.4 Å². The smallest absolute Gasteiger partial charge is 0.362 e. The molecule has 0 bridgehead atoms. The van der Waals surface area contributed by atoms with Crippen molar-refractivity contribution in [2.45, 2.75) is 12.5 Å². The maximum Gasteiger partial charge on any atom is 0.362 e. The molecule has 0 aliphatic heterocycles. The number of nitrogens with zero attached hydrogens (tertiary/aromatic N) is 2. The molecule has 2 N–H and O–H groups in total. The number of rotatable bonds is 8. The lowest BCUT2D eigenvalue weighted by Gasteiger charge is -2.33. The van der Waals surface area contributed by atoms with Gasteiger partial charge in [0.25, 0.3) is 0 Å². The lowest BCUT2D eigenvalue weighted by molar-refractivity contribution is -0.135. The van der Waals surface area contributed by atoms with Crippen LogP contribution in [0.5, 0.6) is 0 Å². The number of carbonyl (C=O) groups is 1. The Balaban J connectivity index is 1.93. The number of esters is 1. The third-order valence-corrected chi connectivity index (χ3v) is 5.72. The number of aromatic nitrogens is 1. The average Bonchev–Trinajstić information content (AvgIpc) is 3.29. The van der Waals surface area contributed by atoms with E-state index < -0.39 is 11.6 Å². The van der Waals surface area contributed by atoms with Crippen molar-refractivity contribution in [1.29, 1.82) is 0 Å². The number of anilines is 1. The van der Waals surface area contributed by atoms with E-state index in [9.17, 15) is 4.79 Å². The maximum absolute atomic E-state index is 12.8. The molecule has 3 aromatic carbocycles. The van der Waals surface area contributed by atoms with Gasteiger partial charge in [-0.1, -0.05) is 96.2 Å². The molecule has 0 amide bonds. The first kappa shape index (κ1) is 22.2. The van der Waals surface area contributed by atoms with E-state index in [1.54, 1.807) is 12.3 Å². The molecule has 33 heavy (non-hydrogen) atoms. The molecule has 4 aromatic rings. The maximum atomic E-state index is 12.8. The SMILES string of the molecule is CCOC(=O)C(=NOC(c1ccccc1)(c1ccccc1)c1ccccc1)c1csc(N)n1. The molecular formula is C26H23N3O3S. The van der Waals surface area contributed by atoms with Gasteiger partial charge in [0.2, 0.25) is 11.3 Å². The molecule has 0 fully saturated rings. The number of nitrogens with two attached hydrogens (primary N) is 1. The van der Waals surface area contributed by atoms with Crippen molar-refractivity contribution in [1.82, 2.24) is 4.98 Å². The zero-order valence-corrected chi connectivity index (χ0v) is 18.9. The fourth-order valence-electron chi connectivity index (χ4n) is 3.58. The van der Waals surface area contributed by atoms with E-state index in [1.165, 1.54) is 11.3 Å². The van der Waals surface area contributed by atoms with E-state index in [1.807, 2.05) is 91.0 Å². The topological polar surface area (TPSA) is 86.8 Å². The lowest BCUT2D eigenvalue weighted by Crippen LogP contribution is -2.32. The summed E-state index contributed by atoms with van der Waals surface area (Å²) in [6.45, 7) is 1.92. The molecular weight excluding hydrogens is 434 g/mol. The van der Waals surface area contributed by atoms with E-state index >= 15 is 0 Å². The third kappa shape index (κ3) is 4.63. The van der Waals surface area contributed by atoms with Crippen LogP contribution in [-0.2, 0) is 20.0 Å². The Morgan fingerprint density at radius 2 is 1.39 bits per heavy atom. The molecule has 0 saturated heterocycles. The zero-order chi connectivity index (χ0) is 23.1. The summed E-state index contributed by atoms with van der Waals surface area (Å²) in [6, 6.07) is 29.3. The highest BCUT2D eigenvalue weighted by Gasteiger charge is 2.40. The Kier molecular flexibility index (Phi) is 6.80. The average molecular weight is 458 g/mol. The first-order chi connectivity index (χ1) is 16.1. The summed E-state index contributed by atoms with van der Waals surface area (Å²) in [4.78, 5) is 23.4. The predicted molar refractivity (Wildman–Crippen MR) is 130 cm³/mol. The van der Waals surface area contributed by atoms with Crippen LogP contribution in [0.4, 0.5) is 5.13 Å². The van der Waals surface area contributed by atoms with Crippen LogP contribution >= 0.6 is 11.3 Å². The van der Waals surface area contributed by atoms with E-state index in [0.29, 0.717) is 10.8 Å². The Hall–Kier alpha value is -3.97. The van der Waals surface area contributed by atoms with Crippen molar-refractivity contribution in [3.63, 3.8) is 0 Å². The van der Waals surface area contributed by atoms with Crippen molar-refractivity contribution in [3.05, 3.63) is 119 Å². The molecule has 0 aliphatic carbocycles. The molecule has 4 rings (SSSR count). The second kappa shape index (κ2) is 10.1. The largest absolute Gasteiger partial charge is 0.461 e. The molecule has 0 saturated carbocycles. The highest BCUT2D eigenvalue weighted by Crippen LogP contribution is 2.40. The molecule has 1 aromatic heterocycles. The molecule has 1 heterocycles. The standard InChI is InChI=1S/C26H23N3O3S/c1-2-31-24(30)23(22-18-33-25(27)28-22)29-32-26(19-12-6-3-7-13-19,20-14-8-4-9-15-20)21-16-10-5-11-17-21/h3-18H,2H2,1H3,(H2,27,28). The fraction of sp³-hybridized carbons (Fsp3) is 0.115. The van der Waals surface area contributed by atoms with Crippen LogP contribution in [0.25, 0.3) is 0 Å². The van der Waals surface area contributed by atoms with Crippen LogP contribution in [0.15, 0.2) is 102 Å². The number of hydrogen-bond acceptors (Lipinski definition) is 7. The Bertz CT molecular complexity index is 1130. The number of carbonyl (C=O) groups excluding carboxylic acids is 1. The predicted octanol–water partition coefficient (Wildman–Crippen LogP) is 5.00. The summed E-state index contributed by atoms with van der Waals surface area (Å²) >= 11 is 1.21. The quantitative estimate of drug-likeness (QED) is 0.174. The summed E-state index contributed by atoms with van der Waals surface area (Å²) in [5.74, 6) is -0.633. The fourth-order valence-corrected chi connectivity index (χ4v) is 4.12. The highest BCUT2D eigenvalue weighted by atomic mass is 32.1. The monoisotopic (exact) mass is 457 g/mol. The van der Waals surface area contributed by atoms with E-state index in [2.05, 4.69) is 10.1 Å². The minimum Gasteiger partial charge on any atom is -0.461 e. The van der Waals surface area contributed by atoms with Gasteiger partial charge in [0.15, 0.2) is 5.13 Å². The minimum atomic E-state index is -1.12. The Morgan fingerprint density at radius 1 is 0.909 bits per heavy atom. The first-order valence-electron chi connectivity index (χ1n) is 10.5. The van der Waals surface area contributed by atoms with Gasteiger partial charge in [-0.2, -0.15) is 0 Å². The number of thiazole rings is 1. The molecule has 0 radical (unpaired) electrons. The van der Waals surface area contributed by atoms with Gasteiger partial charge in [0.1, 0.15) is 5.69 Å². The second-order valence-electron chi connectivity index (χ2n) is 7.10. The van der Waals surface area contributed by atoms with Crippen molar-refractivity contribution in [2.75, 3.05) is 12.3 Å². The number of benzene rings is 3. The molecule has 0 unspecified atom stereocenters. The summed E-state index contributed by atoms with van der Waals surface area (Å²) < 4.78 is 5.22. The lowest BCUT2D eigenvalue weighted by atomic mass is 9.80. The summed E-state index contributed by atoms with van der Waals surface area (Å²) in [7, 11) is 0. The van der Waals surface area contributed by atoms with E-state index in [4.69, 9.17) is 15.3 Å². The Morgan fingerprint density at radius 3 is 1.79 bits per heavy atom. The number of oxime groups is 1. The van der Waals surface area contributed by atoms with Gasteiger partial charge in [-0.05, 0) is 6.92 Å². The van der Waals surface area contributed by atoms with Gasteiger partial charge in [-0.25, -0.2) is 9.78 Å². The summed E-state index contributed by atoms with van der Waals surface area (Å²) in [6.07, 6.45) is 0.